The van der Waals surface area contributed by atoms with Crippen LogP contribution in [0.2, 0.25) is 0 Å². The average molecular weight is 460 g/mol. The van der Waals surface area contributed by atoms with Gasteiger partial charge in [0.05, 0.1) is 12.0 Å². The maximum Gasteiger partial charge on any atom is 0.251 e. The molecule has 1 saturated heterocycles. The molecule has 2 aromatic carbocycles. The zero-order valence-electron chi connectivity index (χ0n) is 19.1. The highest BCUT2D eigenvalue weighted by molar-refractivity contribution is 7.89. The average Bonchev–Trinajstić information content (AvgIpc) is 2.81. The summed E-state index contributed by atoms with van der Waals surface area (Å²) < 4.78 is 31.9. The van der Waals surface area contributed by atoms with E-state index in [9.17, 15) is 13.2 Å². The third-order valence-corrected chi connectivity index (χ3v) is 7.99. The minimum Gasteiger partial charge on any atom is -0.497 e. The molecule has 0 spiro atoms. The SMILES string of the molecule is CCN(CC)S(=O)(=O)c1ccc(C(=O)NC2CCN(Cc3cccc(OC)c3)CC2)cc1. The molecule has 0 saturated carbocycles. The molecular weight excluding hydrogens is 426 g/mol. The summed E-state index contributed by atoms with van der Waals surface area (Å²) in [4.78, 5) is 15.3. The van der Waals surface area contributed by atoms with Crippen molar-refractivity contribution in [2.75, 3.05) is 33.3 Å². The lowest BCUT2D eigenvalue weighted by Gasteiger charge is -2.32. The van der Waals surface area contributed by atoms with E-state index in [-0.39, 0.29) is 16.8 Å². The molecule has 174 valence electrons. The van der Waals surface area contributed by atoms with Crippen molar-refractivity contribution in [3.8, 4) is 5.75 Å². The molecule has 0 aromatic heterocycles. The van der Waals surface area contributed by atoms with Crippen LogP contribution in [-0.2, 0) is 16.6 Å². The van der Waals surface area contributed by atoms with Crippen molar-refractivity contribution in [2.24, 2.45) is 0 Å². The van der Waals surface area contributed by atoms with Crippen molar-refractivity contribution < 1.29 is 17.9 Å². The van der Waals surface area contributed by atoms with Crippen molar-refractivity contribution in [1.82, 2.24) is 14.5 Å². The summed E-state index contributed by atoms with van der Waals surface area (Å²) in [6.07, 6.45) is 1.76. The van der Waals surface area contributed by atoms with Crippen LogP contribution in [0.4, 0.5) is 0 Å². The third-order valence-electron chi connectivity index (χ3n) is 5.92. The molecule has 0 bridgehead atoms. The molecule has 1 N–H and O–H groups in total. The van der Waals surface area contributed by atoms with Gasteiger partial charge in [0.1, 0.15) is 5.75 Å². The Bertz CT molecular complexity index is 996. The Labute approximate surface area is 191 Å². The van der Waals surface area contributed by atoms with E-state index in [1.54, 1.807) is 19.2 Å². The van der Waals surface area contributed by atoms with Crippen LogP contribution in [0.5, 0.6) is 5.75 Å². The Morgan fingerprint density at radius 1 is 1.09 bits per heavy atom. The van der Waals surface area contributed by atoms with Gasteiger partial charge >= 0.3 is 0 Å². The Kier molecular flexibility index (Phi) is 8.28. The number of hydrogen-bond acceptors (Lipinski definition) is 5. The zero-order chi connectivity index (χ0) is 23.1. The van der Waals surface area contributed by atoms with Crippen LogP contribution in [0, 0.1) is 0 Å². The molecule has 3 rings (SSSR count). The van der Waals surface area contributed by atoms with E-state index in [1.165, 1.54) is 22.0 Å². The van der Waals surface area contributed by atoms with Crippen LogP contribution in [-0.4, -0.2) is 62.9 Å². The first-order valence-corrected chi connectivity index (χ1v) is 12.6. The summed E-state index contributed by atoms with van der Waals surface area (Å²) in [5.74, 6) is 0.698. The van der Waals surface area contributed by atoms with Crippen LogP contribution in [0.3, 0.4) is 0 Å². The van der Waals surface area contributed by atoms with Gasteiger partial charge in [0, 0.05) is 44.3 Å². The summed E-state index contributed by atoms with van der Waals surface area (Å²) in [5, 5.41) is 3.10. The number of methoxy groups -OCH3 is 1. The monoisotopic (exact) mass is 459 g/mol. The second-order valence-corrected chi connectivity index (χ2v) is 9.93. The summed E-state index contributed by atoms with van der Waals surface area (Å²) in [7, 11) is -1.85. The largest absolute Gasteiger partial charge is 0.497 e. The standard InChI is InChI=1S/C24H33N3O4S/c1-4-27(5-2)32(29,30)23-11-9-20(10-12-23)24(28)25-21-13-15-26(16-14-21)18-19-7-6-8-22(17-19)31-3/h6-12,17,21H,4-5,13-16,18H2,1-3H3,(H,25,28). The first-order chi connectivity index (χ1) is 15.4. The maximum absolute atomic E-state index is 12.7. The summed E-state index contributed by atoms with van der Waals surface area (Å²) in [6, 6.07) is 14.4. The summed E-state index contributed by atoms with van der Waals surface area (Å²) in [6.45, 7) is 7.12. The number of likely N-dealkylation sites (tertiary alicyclic amines) is 1. The molecule has 0 unspecified atom stereocenters. The fourth-order valence-corrected chi connectivity index (χ4v) is 5.48. The van der Waals surface area contributed by atoms with Gasteiger partial charge in [-0.15, -0.1) is 0 Å². The fraction of sp³-hybridized carbons (Fsp3) is 0.458. The molecule has 2 aromatic rings. The number of piperidine rings is 1. The number of hydrogen-bond donors (Lipinski definition) is 1. The molecule has 32 heavy (non-hydrogen) atoms. The minimum atomic E-state index is -3.52. The molecule has 0 radical (unpaired) electrons. The zero-order valence-corrected chi connectivity index (χ0v) is 19.9. The van der Waals surface area contributed by atoms with Gasteiger partial charge in [-0.2, -0.15) is 4.31 Å². The molecule has 1 fully saturated rings. The number of ether oxygens (including phenoxy) is 1. The lowest BCUT2D eigenvalue weighted by molar-refractivity contribution is 0.0908. The highest BCUT2D eigenvalue weighted by atomic mass is 32.2. The number of benzene rings is 2. The van der Waals surface area contributed by atoms with Crippen molar-refractivity contribution in [2.45, 2.75) is 44.2 Å². The van der Waals surface area contributed by atoms with Crippen LogP contribution in [0.1, 0.15) is 42.6 Å². The van der Waals surface area contributed by atoms with E-state index >= 15 is 0 Å². The number of sulfonamides is 1. The fourth-order valence-electron chi connectivity index (χ4n) is 4.02. The quantitative estimate of drug-likeness (QED) is 0.623. The van der Waals surface area contributed by atoms with Crippen molar-refractivity contribution in [3.05, 3.63) is 59.7 Å². The van der Waals surface area contributed by atoms with Gasteiger partial charge in [-0.05, 0) is 54.8 Å². The van der Waals surface area contributed by atoms with Gasteiger partial charge < -0.3 is 10.1 Å². The third kappa shape index (κ3) is 5.88. The normalized spacial score (nSPS) is 15.6. The number of rotatable bonds is 9. The molecule has 1 aliphatic rings. The van der Waals surface area contributed by atoms with E-state index in [2.05, 4.69) is 22.3 Å². The van der Waals surface area contributed by atoms with Crippen molar-refractivity contribution >= 4 is 15.9 Å². The molecule has 8 heteroatoms. The number of nitrogens with zero attached hydrogens (tertiary/aromatic N) is 2. The number of carbonyl (C=O) groups is 1. The smallest absolute Gasteiger partial charge is 0.251 e. The molecular formula is C24H33N3O4S. The van der Waals surface area contributed by atoms with Gasteiger partial charge in [0.2, 0.25) is 10.0 Å². The van der Waals surface area contributed by atoms with E-state index < -0.39 is 10.0 Å². The number of carbonyl (C=O) groups excluding carboxylic acids is 1. The van der Waals surface area contributed by atoms with E-state index in [1.807, 2.05) is 26.0 Å². The number of nitrogens with one attached hydrogen (secondary N) is 1. The molecule has 1 heterocycles. The maximum atomic E-state index is 12.7. The van der Waals surface area contributed by atoms with Gasteiger partial charge in [0.15, 0.2) is 0 Å². The predicted molar refractivity (Wildman–Crippen MR) is 125 cm³/mol. The molecule has 0 atom stereocenters. The molecule has 1 aliphatic heterocycles. The van der Waals surface area contributed by atoms with Gasteiger partial charge in [-0.25, -0.2) is 8.42 Å². The van der Waals surface area contributed by atoms with E-state index in [0.717, 1.165) is 38.2 Å². The highest BCUT2D eigenvalue weighted by Crippen LogP contribution is 2.19. The van der Waals surface area contributed by atoms with Crippen LogP contribution in [0.15, 0.2) is 53.4 Å². The first-order valence-electron chi connectivity index (χ1n) is 11.1. The predicted octanol–water partition coefficient (Wildman–Crippen LogP) is 3.12. The van der Waals surface area contributed by atoms with Gasteiger partial charge in [0.25, 0.3) is 5.91 Å². The minimum absolute atomic E-state index is 0.114. The number of amides is 1. The topological polar surface area (TPSA) is 79.0 Å². The first kappa shape index (κ1) is 24.2. The van der Waals surface area contributed by atoms with Gasteiger partial charge in [-0.3, -0.25) is 9.69 Å². The van der Waals surface area contributed by atoms with E-state index in [4.69, 9.17) is 4.74 Å². The second-order valence-electron chi connectivity index (χ2n) is 7.99. The van der Waals surface area contributed by atoms with Gasteiger partial charge in [-0.1, -0.05) is 26.0 Å². The Morgan fingerprint density at radius 2 is 1.75 bits per heavy atom. The lowest BCUT2D eigenvalue weighted by Crippen LogP contribution is -2.44. The molecule has 1 amide bonds. The van der Waals surface area contributed by atoms with E-state index in [0.29, 0.717) is 18.7 Å². The second kappa shape index (κ2) is 10.9. The lowest BCUT2D eigenvalue weighted by atomic mass is 10.0. The Morgan fingerprint density at radius 3 is 2.34 bits per heavy atom. The Hall–Kier alpha value is -2.42. The highest BCUT2D eigenvalue weighted by Gasteiger charge is 2.23. The summed E-state index contributed by atoms with van der Waals surface area (Å²) in [5.41, 5.74) is 1.69. The van der Waals surface area contributed by atoms with Crippen LogP contribution >= 0.6 is 0 Å². The molecule has 0 aliphatic carbocycles. The molecule has 7 nitrogen and oxygen atoms in total. The van der Waals surface area contributed by atoms with Crippen LogP contribution in [0.25, 0.3) is 0 Å². The summed E-state index contributed by atoms with van der Waals surface area (Å²) >= 11 is 0. The van der Waals surface area contributed by atoms with Crippen LogP contribution < -0.4 is 10.1 Å². The van der Waals surface area contributed by atoms with Crippen molar-refractivity contribution in [3.63, 3.8) is 0 Å². The Balaban J connectivity index is 1.52. The van der Waals surface area contributed by atoms with Crippen molar-refractivity contribution in [1.29, 1.82) is 0 Å².